The molecule has 1 aliphatic carbocycles. The lowest BCUT2D eigenvalue weighted by Gasteiger charge is -2.29. The second kappa shape index (κ2) is 10.8. The van der Waals surface area contributed by atoms with Gasteiger partial charge in [0.1, 0.15) is 18.1 Å². The maximum absolute atomic E-state index is 13.8. The van der Waals surface area contributed by atoms with Crippen LogP contribution in [0.5, 0.6) is 5.75 Å². The van der Waals surface area contributed by atoms with E-state index in [2.05, 4.69) is 23.3 Å². The van der Waals surface area contributed by atoms with Gasteiger partial charge in [-0.2, -0.15) is 5.10 Å². The Kier molecular flexibility index (Phi) is 6.94. The number of anilines is 2. The molecular formula is C31H30N4O5. The van der Waals surface area contributed by atoms with Crippen molar-refractivity contribution in [3.8, 4) is 11.4 Å². The van der Waals surface area contributed by atoms with Crippen molar-refractivity contribution in [1.29, 1.82) is 0 Å². The maximum Gasteiger partial charge on any atom is 0.356 e. The summed E-state index contributed by atoms with van der Waals surface area (Å²) in [6.45, 7) is 1.49. The topological polar surface area (TPSA) is 105 Å². The van der Waals surface area contributed by atoms with Gasteiger partial charge in [-0.3, -0.25) is 9.59 Å². The van der Waals surface area contributed by atoms with Crippen LogP contribution in [-0.2, 0) is 11.2 Å². The summed E-state index contributed by atoms with van der Waals surface area (Å²) in [6.07, 6.45) is 11.2. The number of carbonyl (C=O) groups is 3. The number of amides is 2. The Balaban J connectivity index is 1.25. The van der Waals surface area contributed by atoms with Gasteiger partial charge in [-0.15, -0.1) is 0 Å². The van der Waals surface area contributed by atoms with Gasteiger partial charge in [-0.05, 0) is 86.2 Å². The summed E-state index contributed by atoms with van der Waals surface area (Å²) >= 11 is 0. The van der Waals surface area contributed by atoms with Crippen molar-refractivity contribution in [3.63, 3.8) is 0 Å². The number of hydrogen-bond acceptors (Lipinski definition) is 5. The second-order valence-electron chi connectivity index (χ2n) is 10.2. The Bertz CT molecular complexity index is 1520. The minimum Gasteiger partial charge on any atom is -0.489 e. The zero-order chi connectivity index (χ0) is 27.6. The van der Waals surface area contributed by atoms with E-state index in [9.17, 15) is 19.5 Å². The van der Waals surface area contributed by atoms with Crippen LogP contribution in [0.15, 0.2) is 72.3 Å². The average molecular weight is 539 g/mol. The van der Waals surface area contributed by atoms with Crippen molar-refractivity contribution >= 4 is 29.2 Å². The van der Waals surface area contributed by atoms with Gasteiger partial charge >= 0.3 is 5.97 Å². The molecule has 0 unspecified atom stereocenters. The highest BCUT2D eigenvalue weighted by Gasteiger charge is 2.35. The van der Waals surface area contributed by atoms with Gasteiger partial charge in [-0.25, -0.2) is 9.48 Å². The first-order valence-corrected chi connectivity index (χ1v) is 13.7. The third-order valence-electron chi connectivity index (χ3n) is 7.57. The van der Waals surface area contributed by atoms with Gasteiger partial charge in [-0.1, -0.05) is 18.2 Å². The smallest absolute Gasteiger partial charge is 0.356 e. The van der Waals surface area contributed by atoms with E-state index in [4.69, 9.17) is 4.74 Å². The summed E-state index contributed by atoms with van der Waals surface area (Å²) in [5.41, 5.74) is 3.76. The third kappa shape index (κ3) is 4.90. The zero-order valence-electron chi connectivity index (χ0n) is 22.1. The number of allylic oxidation sites excluding steroid dienone is 2. The van der Waals surface area contributed by atoms with Crippen LogP contribution in [0.3, 0.4) is 0 Å². The molecular weight excluding hydrogens is 508 g/mol. The standard InChI is InChI=1S/C31H30N4O5/c36-27-8-4-5-18-33(27)22-9-11-23(12-10-22)34-19-17-26-28(31(38)39)32-35(29(26)30(34)37)24-13-15-25(16-14-24)40-20-21-6-2-1-3-7-21/h2,6-7,9-16H,1,3-5,8,17-20H2,(H,38,39). The van der Waals surface area contributed by atoms with Crippen molar-refractivity contribution in [2.75, 3.05) is 29.5 Å². The van der Waals surface area contributed by atoms with E-state index in [1.54, 1.807) is 34.1 Å². The Morgan fingerprint density at radius 2 is 1.60 bits per heavy atom. The van der Waals surface area contributed by atoms with E-state index < -0.39 is 5.97 Å². The lowest BCUT2D eigenvalue weighted by molar-refractivity contribution is -0.119. The fourth-order valence-corrected chi connectivity index (χ4v) is 5.48. The molecule has 2 amide bonds. The molecule has 0 spiro atoms. The van der Waals surface area contributed by atoms with Crippen LogP contribution in [0.25, 0.3) is 5.69 Å². The fourth-order valence-electron chi connectivity index (χ4n) is 5.48. The summed E-state index contributed by atoms with van der Waals surface area (Å²) < 4.78 is 7.33. The Hall–Kier alpha value is -4.66. The van der Waals surface area contributed by atoms with Gasteiger partial charge in [0.25, 0.3) is 5.91 Å². The molecule has 0 saturated carbocycles. The summed E-state index contributed by atoms with van der Waals surface area (Å²) in [5, 5.41) is 14.2. The Morgan fingerprint density at radius 1 is 0.875 bits per heavy atom. The zero-order valence-corrected chi connectivity index (χ0v) is 22.1. The molecule has 1 saturated heterocycles. The number of nitrogens with zero attached hydrogens (tertiary/aromatic N) is 4. The van der Waals surface area contributed by atoms with E-state index in [1.165, 1.54) is 4.68 Å². The second-order valence-corrected chi connectivity index (χ2v) is 10.2. The van der Waals surface area contributed by atoms with Crippen molar-refractivity contribution < 1.29 is 24.2 Å². The predicted octanol–water partition coefficient (Wildman–Crippen LogP) is 4.95. The lowest BCUT2D eigenvalue weighted by atomic mass is 10.0. The summed E-state index contributed by atoms with van der Waals surface area (Å²) in [7, 11) is 0. The summed E-state index contributed by atoms with van der Waals surface area (Å²) in [5.74, 6) is -0.703. The fraction of sp³-hybridized carbons (Fsp3) is 0.290. The van der Waals surface area contributed by atoms with Gasteiger partial charge in [0.15, 0.2) is 5.69 Å². The van der Waals surface area contributed by atoms with Crippen LogP contribution in [-0.4, -0.2) is 52.4 Å². The molecule has 204 valence electrons. The van der Waals surface area contributed by atoms with Crippen LogP contribution < -0.4 is 14.5 Å². The first-order chi connectivity index (χ1) is 19.5. The van der Waals surface area contributed by atoms with E-state index in [-0.39, 0.29) is 23.2 Å². The van der Waals surface area contributed by atoms with Crippen LogP contribution >= 0.6 is 0 Å². The molecule has 1 fully saturated rings. The molecule has 3 aliphatic rings. The molecule has 1 aromatic heterocycles. The molecule has 0 bridgehead atoms. The molecule has 6 rings (SSSR count). The SMILES string of the molecule is O=C(O)c1nn(-c2ccc(OCC3=CCCC=C3)cc2)c2c1CCN(c1ccc(N3CCCCC3=O)cc1)C2=O. The minimum atomic E-state index is -1.17. The van der Waals surface area contributed by atoms with Crippen molar-refractivity contribution in [3.05, 3.63) is 89.3 Å². The highest BCUT2D eigenvalue weighted by Crippen LogP contribution is 2.31. The predicted molar refractivity (Wildman–Crippen MR) is 151 cm³/mol. The van der Waals surface area contributed by atoms with Crippen LogP contribution in [0, 0.1) is 0 Å². The van der Waals surface area contributed by atoms with Crippen LogP contribution in [0.4, 0.5) is 11.4 Å². The van der Waals surface area contributed by atoms with Crippen LogP contribution in [0.2, 0.25) is 0 Å². The number of benzene rings is 2. The normalized spacial score (nSPS) is 17.1. The maximum atomic E-state index is 13.8. The van der Waals surface area contributed by atoms with Gasteiger partial charge in [0, 0.05) is 36.4 Å². The highest BCUT2D eigenvalue weighted by atomic mass is 16.5. The Labute approximate surface area is 232 Å². The summed E-state index contributed by atoms with van der Waals surface area (Å²) in [6, 6.07) is 14.5. The number of carboxylic acids is 1. The van der Waals surface area contributed by atoms with Crippen molar-refractivity contribution in [1.82, 2.24) is 9.78 Å². The number of rotatable bonds is 7. The average Bonchev–Trinajstić information content (AvgIpc) is 3.39. The van der Waals surface area contributed by atoms with E-state index in [0.29, 0.717) is 55.2 Å². The van der Waals surface area contributed by atoms with Crippen LogP contribution in [0.1, 0.15) is 58.6 Å². The molecule has 2 aliphatic heterocycles. The molecule has 1 N–H and O–H groups in total. The minimum absolute atomic E-state index is 0.113. The molecule has 9 nitrogen and oxygen atoms in total. The molecule has 0 atom stereocenters. The van der Waals surface area contributed by atoms with E-state index >= 15 is 0 Å². The number of carbonyl (C=O) groups excluding carboxylic acids is 2. The van der Waals surface area contributed by atoms with Gasteiger partial charge in [0.05, 0.1) is 5.69 Å². The van der Waals surface area contributed by atoms with Gasteiger partial charge < -0.3 is 19.6 Å². The lowest BCUT2D eigenvalue weighted by Crippen LogP contribution is -2.39. The number of aromatic carboxylic acids is 1. The molecule has 40 heavy (non-hydrogen) atoms. The number of fused-ring (bicyclic) bond motifs is 1. The summed E-state index contributed by atoms with van der Waals surface area (Å²) in [4.78, 5) is 41.6. The first kappa shape index (κ1) is 25.6. The highest BCUT2D eigenvalue weighted by molar-refractivity contribution is 6.09. The monoisotopic (exact) mass is 538 g/mol. The number of carboxylic acid groups (broad SMARTS) is 1. The molecule has 3 aromatic rings. The molecule has 0 radical (unpaired) electrons. The van der Waals surface area contributed by atoms with Gasteiger partial charge in [0.2, 0.25) is 5.91 Å². The number of hydrogen-bond donors (Lipinski definition) is 1. The van der Waals surface area contributed by atoms with Crippen molar-refractivity contribution in [2.45, 2.75) is 38.5 Å². The third-order valence-corrected chi connectivity index (χ3v) is 7.57. The largest absolute Gasteiger partial charge is 0.489 e. The number of ether oxygens (including phenoxy) is 1. The Morgan fingerprint density at radius 3 is 2.27 bits per heavy atom. The van der Waals surface area contributed by atoms with E-state index in [0.717, 1.165) is 36.9 Å². The first-order valence-electron chi connectivity index (χ1n) is 13.7. The molecule has 3 heterocycles. The van der Waals surface area contributed by atoms with E-state index in [1.807, 2.05) is 24.3 Å². The quantitative estimate of drug-likeness (QED) is 0.457. The molecule has 9 heteroatoms. The molecule has 2 aromatic carbocycles. The number of aromatic nitrogens is 2. The number of piperidine rings is 1. The van der Waals surface area contributed by atoms with Crippen molar-refractivity contribution in [2.24, 2.45) is 0 Å².